The summed E-state index contributed by atoms with van der Waals surface area (Å²) in [4.78, 5) is 9.20. The molecule has 4 aromatic rings. The zero-order chi connectivity index (χ0) is 16.0. The van der Waals surface area contributed by atoms with E-state index in [1.54, 1.807) is 18.4 Å². The van der Waals surface area contributed by atoms with Crippen LogP contribution in [0.25, 0.3) is 21.3 Å². The highest BCUT2D eigenvalue weighted by atomic mass is 35.5. The lowest BCUT2D eigenvalue weighted by molar-refractivity contribution is 0.416. The summed E-state index contributed by atoms with van der Waals surface area (Å²) >= 11 is 1.61. The number of benzene rings is 2. The molecule has 0 fully saturated rings. The molecule has 0 aliphatic heterocycles. The lowest BCUT2D eigenvalue weighted by Gasteiger charge is -2.09. The number of anilines is 2. The normalized spacial score (nSPS) is 10.8. The maximum atomic E-state index is 5.42. The molecule has 7 heteroatoms. The van der Waals surface area contributed by atoms with Gasteiger partial charge in [-0.2, -0.15) is 0 Å². The largest absolute Gasteiger partial charge is 0.495 e. The van der Waals surface area contributed by atoms with Crippen LogP contribution >= 0.6 is 23.7 Å². The molecular weight excluding hydrogens is 344 g/mol. The first-order valence-corrected chi connectivity index (χ1v) is 8.09. The minimum Gasteiger partial charge on any atom is -0.495 e. The van der Waals surface area contributed by atoms with Gasteiger partial charge in [0.15, 0.2) is 5.13 Å². The summed E-state index contributed by atoms with van der Waals surface area (Å²) in [6.45, 7) is 2.06. The predicted octanol–water partition coefficient (Wildman–Crippen LogP) is 4.67. The number of halogens is 1. The molecule has 1 N–H and O–H groups in total. The van der Waals surface area contributed by atoms with Crippen molar-refractivity contribution in [2.45, 2.75) is 6.92 Å². The van der Waals surface area contributed by atoms with Crippen molar-refractivity contribution in [3.8, 4) is 5.75 Å². The van der Waals surface area contributed by atoms with E-state index < -0.39 is 0 Å². The Morgan fingerprint density at radius 3 is 2.79 bits per heavy atom. The summed E-state index contributed by atoms with van der Waals surface area (Å²) in [6.07, 6.45) is 1.82. The van der Waals surface area contributed by atoms with E-state index in [0.29, 0.717) is 0 Å². The molecule has 5 nitrogen and oxygen atoms in total. The van der Waals surface area contributed by atoms with Crippen LogP contribution in [0, 0.1) is 6.92 Å². The number of rotatable bonds is 3. The zero-order valence-corrected chi connectivity index (χ0v) is 15.2. The second kappa shape index (κ2) is 6.30. The number of hydrogen-bond donors (Lipinski definition) is 1. The number of methoxy groups -OCH3 is 1. The van der Waals surface area contributed by atoms with Gasteiger partial charge in [-0.25, -0.2) is 9.97 Å². The number of hydrogen-bond acceptors (Lipinski definition) is 5. The second-order valence-corrected chi connectivity index (χ2v) is 6.51. The quantitative estimate of drug-likeness (QED) is 0.577. The fraction of sp³-hybridized carbons (Fsp3) is 0.176. The molecule has 0 aliphatic carbocycles. The van der Waals surface area contributed by atoms with Gasteiger partial charge in [-0.15, -0.1) is 12.4 Å². The number of nitrogens with one attached hydrogen (secondary N) is 1. The first-order chi connectivity index (χ1) is 11.2. The van der Waals surface area contributed by atoms with Gasteiger partial charge in [0.25, 0.3) is 0 Å². The smallest absolute Gasteiger partial charge is 0.188 e. The standard InChI is InChI=1S/C17H16N4OS.ClH/c1-10-4-6-13(22-3)11(8-10)19-17-20-16-14(23-17)7-5-12-15(16)18-9-21(12)2;/h4-9H,1-3H3,(H,19,20);1H. The molecule has 24 heavy (non-hydrogen) atoms. The van der Waals surface area contributed by atoms with Crippen molar-refractivity contribution in [2.75, 3.05) is 12.4 Å². The molecule has 2 aromatic carbocycles. The van der Waals surface area contributed by atoms with E-state index in [0.717, 1.165) is 37.8 Å². The molecule has 2 aromatic heterocycles. The lowest BCUT2D eigenvalue weighted by atomic mass is 10.2. The summed E-state index contributed by atoms with van der Waals surface area (Å²) in [6, 6.07) is 10.2. The number of ether oxygens (including phenoxy) is 1. The summed E-state index contributed by atoms with van der Waals surface area (Å²) in [5.74, 6) is 0.804. The van der Waals surface area contributed by atoms with Gasteiger partial charge in [-0.1, -0.05) is 17.4 Å². The van der Waals surface area contributed by atoms with Gasteiger partial charge in [0.05, 0.1) is 29.3 Å². The molecular formula is C17H17ClN4OS. The van der Waals surface area contributed by atoms with E-state index in [2.05, 4.69) is 35.4 Å². The van der Waals surface area contributed by atoms with Crippen LogP contribution in [0.4, 0.5) is 10.8 Å². The third-order valence-corrected chi connectivity index (χ3v) is 4.79. The molecule has 0 radical (unpaired) electrons. The highest BCUT2D eigenvalue weighted by molar-refractivity contribution is 7.22. The Morgan fingerprint density at radius 1 is 1.17 bits per heavy atom. The van der Waals surface area contributed by atoms with Crippen LogP contribution in [0.1, 0.15) is 5.56 Å². The number of nitrogens with zero attached hydrogens (tertiary/aromatic N) is 3. The molecule has 0 bridgehead atoms. The number of aryl methyl sites for hydroxylation is 2. The Labute approximate surface area is 149 Å². The van der Waals surface area contributed by atoms with Crippen LogP contribution in [-0.2, 0) is 7.05 Å². The Kier molecular flexibility index (Phi) is 4.34. The maximum absolute atomic E-state index is 5.42. The van der Waals surface area contributed by atoms with E-state index in [9.17, 15) is 0 Å². The lowest BCUT2D eigenvalue weighted by Crippen LogP contribution is -1.94. The maximum Gasteiger partial charge on any atom is 0.188 e. The van der Waals surface area contributed by atoms with E-state index in [1.165, 1.54) is 5.56 Å². The van der Waals surface area contributed by atoms with E-state index >= 15 is 0 Å². The van der Waals surface area contributed by atoms with Gasteiger partial charge in [0.2, 0.25) is 0 Å². The molecule has 4 rings (SSSR count). The van der Waals surface area contributed by atoms with Crippen molar-refractivity contribution in [1.29, 1.82) is 0 Å². The van der Waals surface area contributed by atoms with Crippen molar-refractivity contribution in [3.05, 3.63) is 42.2 Å². The minimum atomic E-state index is 0. The van der Waals surface area contributed by atoms with Gasteiger partial charge < -0.3 is 14.6 Å². The molecule has 0 aliphatic rings. The summed E-state index contributed by atoms with van der Waals surface area (Å²) < 4.78 is 8.54. The zero-order valence-electron chi connectivity index (χ0n) is 13.5. The molecule has 0 saturated carbocycles. The van der Waals surface area contributed by atoms with E-state index in [-0.39, 0.29) is 12.4 Å². The molecule has 0 unspecified atom stereocenters. The van der Waals surface area contributed by atoms with Crippen molar-refractivity contribution >= 4 is 55.8 Å². The second-order valence-electron chi connectivity index (χ2n) is 5.48. The Bertz CT molecular complexity index is 1020. The summed E-state index contributed by atoms with van der Waals surface area (Å²) in [5, 5.41) is 4.21. The van der Waals surface area contributed by atoms with Crippen LogP contribution in [0.5, 0.6) is 5.75 Å². The van der Waals surface area contributed by atoms with E-state index in [1.807, 2.05) is 30.1 Å². The average Bonchev–Trinajstić information content (AvgIpc) is 3.11. The number of aromatic nitrogens is 3. The molecule has 0 spiro atoms. The van der Waals surface area contributed by atoms with Gasteiger partial charge in [0.1, 0.15) is 16.8 Å². The van der Waals surface area contributed by atoms with Crippen molar-refractivity contribution in [3.63, 3.8) is 0 Å². The minimum absolute atomic E-state index is 0. The van der Waals surface area contributed by atoms with Crippen molar-refractivity contribution in [1.82, 2.24) is 14.5 Å². The van der Waals surface area contributed by atoms with Crippen LogP contribution in [0.2, 0.25) is 0 Å². The number of fused-ring (bicyclic) bond motifs is 3. The van der Waals surface area contributed by atoms with Crippen molar-refractivity contribution in [2.24, 2.45) is 7.05 Å². The third-order valence-electron chi connectivity index (χ3n) is 3.85. The Morgan fingerprint density at radius 2 is 2.00 bits per heavy atom. The van der Waals surface area contributed by atoms with Gasteiger partial charge >= 0.3 is 0 Å². The molecule has 0 saturated heterocycles. The number of imidazole rings is 1. The van der Waals surface area contributed by atoms with Crippen molar-refractivity contribution < 1.29 is 4.74 Å². The van der Waals surface area contributed by atoms with Gasteiger partial charge in [-0.05, 0) is 36.8 Å². The monoisotopic (exact) mass is 360 g/mol. The van der Waals surface area contributed by atoms with Crippen LogP contribution in [0.3, 0.4) is 0 Å². The highest BCUT2D eigenvalue weighted by Gasteiger charge is 2.12. The molecule has 2 heterocycles. The fourth-order valence-corrected chi connectivity index (χ4v) is 3.56. The average molecular weight is 361 g/mol. The predicted molar refractivity (Wildman–Crippen MR) is 102 cm³/mol. The van der Waals surface area contributed by atoms with Crippen LogP contribution in [0.15, 0.2) is 36.7 Å². The Hall–Kier alpha value is -2.31. The molecule has 124 valence electrons. The molecule has 0 atom stereocenters. The van der Waals surface area contributed by atoms with E-state index in [4.69, 9.17) is 9.72 Å². The first kappa shape index (κ1) is 16.5. The fourth-order valence-electron chi connectivity index (χ4n) is 2.68. The Balaban J connectivity index is 0.00000169. The first-order valence-electron chi connectivity index (χ1n) is 7.28. The number of thiazole rings is 1. The highest BCUT2D eigenvalue weighted by Crippen LogP contribution is 2.35. The molecule has 0 amide bonds. The van der Waals surface area contributed by atoms with Crippen LogP contribution < -0.4 is 10.1 Å². The topological polar surface area (TPSA) is 52.0 Å². The third kappa shape index (κ3) is 2.68. The SMILES string of the molecule is COc1ccc(C)cc1Nc1nc2c(ccc3c2ncn3C)s1.Cl. The van der Waals surface area contributed by atoms with Crippen LogP contribution in [-0.4, -0.2) is 21.6 Å². The van der Waals surface area contributed by atoms with Gasteiger partial charge in [-0.3, -0.25) is 0 Å². The summed E-state index contributed by atoms with van der Waals surface area (Å²) in [5.41, 5.74) is 5.04. The summed E-state index contributed by atoms with van der Waals surface area (Å²) in [7, 11) is 3.66. The van der Waals surface area contributed by atoms with Gasteiger partial charge in [0, 0.05) is 7.05 Å².